The molecule has 0 aliphatic heterocycles. The molecule has 0 fully saturated rings. The van der Waals surface area contributed by atoms with E-state index in [9.17, 15) is 4.79 Å². The third-order valence-corrected chi connectivity index (χ3v) is 3.34. The molecule has 0 aliphatic carbocycles. The molecule has 0 saturated carbocycles. The SMILES string of the molecule is Cc1n[nH]c(=O)c2nn(-c3ccc(Cl)cc3Cl)cc12. The predicted molar refractivity (Wildman–Crippen MR) is 74.2 cm³/mol. The number of nitrogens with one attached hydrogen (secondary N) is 1. The van der Waals surface area contributed by atoms with Gasteiger partial charge >= 0.3 is 0 Å². The lowest BCUT2D eigenvalue weighted by Crippen LogP contribution is -2.09. The van der Waals surface area contributed by atoms with E-state index in [-0.39, 0.29) is 5.56 Å². The van der Waals surface area contributed by atoms with E-state index < -0.39 is 0 Å². The molecule has 0 aliphatic rings. The second kappa shape index (κ2) is 4.36. The molecule has 1 N–H and O–H groups in total. The summed E-state index contributed by atoms with van der Waals surface area (Å²) in [4.78, 5) is 11.7. The van der Waals surface area contributed by atoms with Crippen LogP contribution in [0.4, 0.5) is 0 Å². The molecule has 0 unspecified atom stereocenters. The van der Waals surface area contributed by atoms with Gasteiger partial charge in [0.05, 0.1) is 16.4 Å². The van der Waals surface area contributed by atoms with Gasteiger partial charge in [-0.15, -0.1) is 0 Å². The number of hydrogen-bond donors (Lipinski definition) is 1. The third kappa shape index (κ3) is 2.01. The minimum absolute atomic E-state index is 0.329. The van der Waals surface area contributed by atoms with E-state index in [1.54, 1.807) is 36.0 Å². The zero-order valence-electron chi connectivity index (χ0n) is 9.82. The Kier molecular flexibility index (Phi) is 2.80. The molecule has 1 aromatic carbocycles. The largest absolute Gasteiger partial charge is 0.292 e. The summed E-state index contributed by atoms with van der Waals surface area (Å²) < 4.78 is 1.55. The van der Waals surface area contributed by atoms with Crippen LogP contribution in [-0.2, 0) is 0 Å². The average Bonchev–Trinajstić information content (AvgIpc) is 2.80. The number of benzene rings is 1. The van der Waals surface area contributed by atoms with Crippen molar-refractivity contribution >= 4 is 34.1 Å². The molecule has 5 nitrogen and oxygen atoms in total. The Bertz CT molecular complexity index is 837. The van der Waals surface area contributed by atoms with Crippen molar-refractivity contribution in [1.29, 1.82) is 0 Å². The lowest BCUT2D eigenvalue weighted by molar-refractivity contribution is 0.890. The molecule has 0 bridgehead atoms. The van der Waals surface area contributed by atoms with Gasteiger partial charge in [-0.05, 0) is 25.1 Å². The lowest BCUT2D eigenvalue weighted by Gasteiger charge is -2.03. The lowest BCUT2D eigenvalue weighted by atomic mass is 10.3. The van der Waals surface area contributed by atoms with Gasteiger partial charge in [0.2, 0.25) is 0 Å². The molecule has 0 spiro atoms. The minimum Gasteiger partial charge on any atom is -0.265 e. The van der Waals surface area contributed by atoms with Crippen molar-refractivity contribution in [3.05, 3.63) is 50.5 Å². The molecule has 0 saturated heterocycles. The van der Waals surface area contributed by atoms with Crippen LogP contribution in [0, 0.1) is 6.92 Å². The van der Waals surface area contributed by atoms with E-state index in [1.807, 2.05) is 0 Å². The van der Waals surface area contributed by atoms with Crippen LogP contribution in [0.5, 0.6) is 0 Å². The molecule has 19 heavy (non-hydrogen) atoms. The fourth-order valence-electron chi connectivity index (χ4n) is 1.84. The number of H-pyrrole nitrogens is 1. The van der Waals surface area contributed by atoms with Crippen LogP contribution >= 0.6 is 23.2 Å². The summed E-state index contributed by atoms with van der Waals surface area (Å²) in [5.74, 6) is 0. The zero-order chi connectivity index (χ0) is 13.6. The second-order valence-corrected chi connectivity index (χ2v) is 4.91. The predicted octanol–water partition coefficient (Wildman–Crippen LogP) is 2.72. The Balaban J connectivity index is 2.29. The maximum absolute atomic E-state index is 11.7. The number of aromatic nitrogens is 4. The van der Waals surface area contributed by atoms with E-state index >= 15 is 0 Å². The van der Waals surface area contributed by atoms with Crippen molar-refractivity contribution < 1.29 is 0 Å². The summed E-state index contributed by atoms with van der Waals surface area (Å²) in [7, 11) is 0. The van der Waals surface area contributed by atoms with Crippen molar-refractivity contribution in [2.45, 2.75) is 6.92 Å². The number of aromatic amines is 1. The first-order valence-electron chi connectivity index (χ1n) is 5.46. The summed E-state index contributed by atoms with van der Waals surface area (Å²) in [5, 5.41) is 12.2. The van der Waals surface area contributed by atoms with Gasteiger partial charge in [-0.1, -0.05) is 23.2 Å². The molecule has 2 heterocycles. The first-order valence-corrected chi connectivity index (χ1v) is 6.22. The van der Waals surface area contributed by atoms with E-state index in [4.69, 9.17) is 23.2 Å². The van der Waals surface area contributed by atoms with Gasteiger partial charge in [0.15, 0.2) is 5.52 Å². The van der Waals surface area contributed by atoms with Gasteiger partial charge in [-0.3, -0.25) is 4.79 Å². The molecular formula is C12H8Cl2N4O. The number of rotatable bonds is 1. The van der Waals surface area contributed by atoms with Crippen LogP contribution in [0.25, 0.3) is 16.6 Å². The van der Waals surface area contributed by atoms with Crippen LogP contribution in [0.15, 0.2) is 29.2 Å². The highest BCUT2D eigenvalue weighted by Crippen LogP contribution is 2.25. The zero-order valence-corrected chi connectivity index (χ0v) is 11.3. The third-order valence-electron chi connectivity index (χ3n) is 2.80. The molecule has 3 aromatic rings. The number of hydrogen-bond acceptors (Lipinski definition) is 3. The standard InChI is InChI=1S/C12H8Cl2N4O/c1-6-8-5-18(17-11(8)12(19)16-15-6)10-3-2-7(13)4-9(10)14/h2-5H,1H3,(H,16,19). The van der Waals surface area contributed by atoms with Crippen molar-refractivity contribution in [3.8, 4) is 5.69 Å². The Labute approximate surface area is 117 Å². The summed E-state index contributed by atoms with van der Waals surface area (Å²) >= 11 is 12.0. The van der Waals surface area contributed by atoms with Gasteiger partial charge < -0.3 is 0 Å². The Morgan fingerprint density at radius 2 is 2.11 bits per heavy atom. The minimum atomic E-state index is -0.329. The summed E-state index contributed by atoms with van der Waals surface area (Å²) in [6.45, 7) is 1.80. The normalized spacial score (nSPS) is 11.1. The van der Waals surface area contributed by atoms with Gasteiger partial charge in [-0.2, -0.15) is 10.2 Å². The van der Waals surface area contributed by atoms with Crippen LogP contribution in [0.2, 0.25) is 10.0 Å². The molecule has 96 valence electrons. The second-order valence-electron chi connectivity index (χ2n) is 4.07. The molecule has 0 atom stereocenters. The average molecular weight is 295 g/mol. The van der Waals surface area contributed by atoms with Crippen molar-refractivity contribution in [3.63, 3.8) is 0 Å². The number of aryl methyl sites for hydroxylation is 1. The van der Waals surface area contributed by atoms with E-state index in [2.05, 4.69) is 15.3 Å². The maximum atomic E-state index is 11.7. The molecule has 2 aromatic heterocycles. The van der Waals surface area contributed by atoms with Crippen molar-refractivity contribution in [2.24, 2.45) is 0 Å². The number of nitrogens with zero attached hydrogens (tertiary/aromatic N) is 3. The van der Waals surface area contributed by atoms with Crippen LogP contribution < -0.4 is 5.56 Å². The molecule has 0 radical (unpaired) electrons. The molecule has 3 rings (SSSR count). The highest BCUT2D eigenvalue weighted by molar-refractivity contribution is 6.35. The van der Waals surface area contributed by atoms with Crippen molar-refractivity contribution in [1.82, 2.24) is 20.0 Å². The van der Waals surface area contributed by atoms with Gasteiger partial charge in [0.1, 0.15) is 0 Å². The maximum Gasteiger partial charge on any atom is 0.292 e. The Hall–Kier alpha value is -1.85. The summed E-state index contributed by atoms with van der Waals surface area (Å²) in [6, 6.07) is 5.08. The quantitative estimate of drug-likeness (QED) is 0.750. The fraction of sp³-hybridized carbons (Fsp3) is 0.0833. The number of halogens is 2. The van der Waals surface area contributed by atoms with Crippen LogP contribution in [-0.4, -0.2) is 20.0 Å². The molecular weight excluding hydrogens is 287 g/mol. The van der Waals surface area contributed by atoms with Gasteiger partial charge in [0.25, 0.3) is 5.56 Å². The van der Waals surface area contributed by atoms with Gasteiger partial charge in [0, 0.05) is 16.6 Å². The fourth-order valence-corrected chi connectivity index (χ4v) is 2.34. The number of fused-ring (bicyclic) bond motifs is 1. The first-order chi connectivity index (χ1) is 9.06. The summed E-state index contributed by atoms with van der Waals surface area (Å²) in [5.41, 5.74) is 1.36. The Morgan fingerprint density at radius 3 is 2.79 bits per heavy atom. The van der Waals surface area contributed by atoms with Crippen LogP contribution in [0.3, 0.4) is 0 Å². The highest BCUT2D eigenvalue weighted by Gasteiger charge is 2.11. The monoisotopic (exact) mass is 294 g/mol. The summed E-state index contributed by atoms with van der Waals surface area (Å²) in [6.07, 6.45) is 1.72. The first kappa shape index (κ1) is 12.2. The van der Waals surface area contributed by atoms with E-state index in [1.165, 1.54) is 0 Å². The van der Waals surface area contributed by atoms with Crippen molar-refractivity contribution in [2.75, 3.05) is 0 Å². The molecule has 0 amide bonds. The van der Waals surface area contributed by atoms with E-state index in [0.717, 1.165) is 0 Å². The van der Waals surface area contributed by atoms with Gasteiger partial charge in [-0.25, -0.2) is 9.78 Å². The van der Waals surface area contributed by atoms with Crippen LogP contribution in [0.1, 0.15) is 5.69 Å². The molecule has 7 heteroatoms. The smallest absolute Gasteiger partial charge is 0.265 e. The van der Waals surface area contributed by atoms with E-state index in [0.29, 0.717) is 32.3 Å². The highest BCUT2D eigenvalue weighted by atomic mass is 35.5. The Morgan fingerprint density at radius 1 is 1.32 bits per heavy atom. The topological polar surface area (TPSA) is 63.6 Å².